The molecule has 2 unspecified atom stereocenters. The third-order valence-corrected chi connectivity index (χ3v) is 5.24. The van der Waals surface area contributed by atoms with Gasteiger partial charge in [-0.15, -0.1) is 0 Å². The maximum absolute atomic E-state index is 9.24. The molecule has 0 radical (unpaired) electrons. The van der Waals surface area contributed by atoms with Crippen LogP contribution in [0.4, 0.5) is 0 Å². The molecule has 0 aromatic heterocycles. The molecule has 1 saturated carbocycles. The predicted molar refractivity (Wildman–Crippen MR) is 78.9 cm³/mol. The van der Waals surface area contributed by atoms with E-state index in [4.69, 9.17) is 0 Å². The van der Waals surface area contributed by atoms with Crippen LogP contribution in [0.25, 0.3) is 0 Å². The molecule has 1 saturated heterocycles. The van der Waals surface area contributed by atoms with Crippen LogP contribution < -0.4 is 0 Å². The van der Waals surface area contributed by atoms with E-state index in [1.165, 1.54) is 32.1 Å². The van der Waals surface area contributed by atoms with Gasteiger partial charge in [0, 0.05) is 32.2 Å². The van der Waals surface area contributed by atoms with Crippen molar-refractivity contribution < 1.29 is 0 Å². The van der Waals surface area contributed by atoms with E-state index in [0.29, 0.717) is 0 Å². The summed E-state index contributed by atoms with van der Waals surface area (Å²) in [6.07, 6.45) is 6.97. The highest BCUT2D eigenvalue weighted by atomic mass is 15.3. The van der Waals surface area contributed by atoms with Crippen LogP contribution in [-0.4, -0.2) is 47.6 Å². The van der Waals surface area contributed by atoms with Crippen LogP contribution >= 0.6 is 0 Å². The van der Waals surface area contributed by atoms with Crippen molar-refractivity contribution in [3.05, 3.63) is 0 Å². The monoisotopic (exact) mass is 263 g/mol. The first-order valence-electron chi connectivity index (χ1n) is 7.99. The quantitative estimate of drug-likeness (QED) is 0.784. The van der Waals surface area contributed by atoms with E-state index in [1.807, 2.05) is 13.8 Å². The molecule has 0 aromatic rings. The van der Waals surface area contributed by atoms with Crippen LogP contribution in [0.15, 0.2) is 0 Å². The highest BCUT2D eigenvalue weighted by Gasteiger charge is 2.34. The van der Waals surface area contributed by atoms with Gasteiger partial charge in [-0.1, -0.05) is 26.2 Å². The third-order valence-electron chi connectivity index (χ3n) is 5.24. The Morgan fingerprint density at radius 1 is 1.11 bits per heavy atom. The van der Waals surface area contributed by atoms with E-state index >= 15 is 0 Å². The van der Waals surface area contributed by atoms with Gasteiger partial charge in [-0.2, -0.15) is 5.26 Å². The highest BCUT2D eigenvalue weighted by molar-refractivity contribution is 5.03. The zero-order valence-corrected chi connectivity index (χ0v) is 12.9. The van der Waals surface area contributed by atoms with Crippen LogP contribution in [0.3, 0.4) is 0 Å². The summed E-state index contributed by atoms with van der Waals surface area (Å²) in [5, 5.41) is 9.24. The van der Waals surface area contributed by atoms with E-state index in [9.17, 15) is 5.26 Å². The average molecular weight is 263 g/mol. The predicted octanol–water partition coefficient (Wildman–Crippen LogP) is 2.87. The molecular formula is C16H29N3. The molecular weight excluding hydrogens is 234 g/mol. The smallest absolute Gasteiger partial charge is 0.103 e. The van der Waals surface area contributed by atoms with Gasteiger partial charge >= 0.3 is 0 Å². The molecule has 0 spiro atoms. The minimum Gasteiger partial charge on any atom is -0.298 e. The fraction of sp³-hybridized carbons (Fsp3) is 0.938. The van der Waals surface area contributed by atoms with Crippen LogP contribution in [0, 0.1) is 17.2 Å². The van der Waals surface area contributed by atoms with Gasteiger partial charge in [-0.05, 0) is 32.6 Å². The zero-order valence-electron chi connectivity index (χ0n) is 12.9. The van der Waals surface area contributed by atoms with E-state index in [-0.39, 0.29) is 5.54 Å². The second-order valence-corrected chi connectivity index (χ2v) is 6.71. The van der Waals surface area contributed by atoms with Crippen molar-refractivity contribution in [1.82, 2.24) is 9.80 Å². The van der Waals surface area contributed by atoms with E-state index in [0.717, 1.165) is 38.1 Å². The minimum absolute atomic E-state index is 0.303. The summed E-state index contributed by atoms with van der Waals surface area (Å²) in [6.45, 7) is 10.8. The summed E-state index contributed by atoms with van der Waals surface area (Å²) in [6, 6.07) is 3.24. The Morgan fingerprint density at radius 2 is 1.74 bits per heavy atom. The second kappa shape index (κ2) is 6.24. The van der Waals surface area contributed by atoms with Gasteiger partial charge in [0.15, 0.2) is 0 Å². The topological polar surface area (TPSA) is 30.3 Å². The molecule has 1 aliphatic heterocycles. The number of rotatable bonds is 3. The lowest BCUT2D eigenvalue weighted by molar-refractivity contribution is 0.0245. The summed E-state index contributed by atoms with van der Waals surface area (Å²) >= 11 is 0. The fourth-order valence-corrected chi connectivity index (χ4v) is 3.83. The largest absolute Gasteiger partial charge is 0.298 e. The SMILES string of the molecule is CCC1CCCCC1N1CCN(C(C)(C)C#N)CC1. The molecule has 0 amide bonds. The minimum atomic E-state index is -0.303. The molecule has 0 N–H and O–H groups in total. The normalized spacial score (nSPS) is 31.1. The van der Waals surface area contributed by atoms with Crippen molar-refractivity contribution in [3.8, 4) is 6.07 Å². The number of hydrogen-bond acceptors (Lipinski definition) is 3. The number of piperazine rings is 1. The molecule has 108 valence electrons. The summed E-state index contributed by atoms with van der Waals surface area (Å²) in [5.74, 6) is 0.907. The van der Waals surface area contributed by atoms with Crippen molar-refractivity contribution in [2.24, 2.45) is 5.92 Å². The van der Waals surface area contributed by atoms with Crippen molar-refractivity contribution in [2.75, 3.05) is 26.2 Å². The van der Waals surface area contributed by atoms with Gasteiger partial charge < -0.3 is 0 Å². The fourth-order valence-electron chi connectivity index (χ4n) is 3.83. The molecule has 3 nitrogen and oxygen atoms in total. The van der Waals surface area contributed by atoms with Gasteiger partial charge in [0.2, 0.25) is 0 Å². The van der Waals surface area contributed by atoms with Crippen molar-refractivity contribution in [2.45, 2.75) is 64.5 Å². The lowest BCUT2D eigenvalue weighted by Crippen LogP contribution is -2.57. The average Bonchev–Trinajstić information content (AvgIpc) is 2.47. The Kier molecular flexibility index (Phi) is 4.86. The molecule has 0 aromatic carbocycles. The van der Waals surface area contributed by atoms with Crippen molar-refractivity contribution in [3.63, 3.8) is 0 Å². The van der Waals surface area contributed by atoms with Crippen LogP contribution in [0.2, 0.25) is 0 Å². The summed E-state index contributed by atoms with van der Waals surface area (Å²) in [4.78, 5) is 5.05. The second-order valence-electron chi connectivity index (χ2n) is 6.71. The molecule has 1 heterocycles. The molecule has 3 heteroatoms. The zero-order chi connectivity index (χ0) is 13.9. The number of nitriles is 1. The molecule has 0 bridgehead atoms. The van der Waals surface area contributed by atoms with Crippen LogP contribution in [0.5, 0.6) is 0 Å². The molecule has 2 rings (SSSR count). The maximum Gasteiger partial charge on any atom is 0.103 e. The van der Waals surface area contributed by atoms with Gasteiger partial charge in [0.1, 0.15) is 5.54 Å². The first kappa shape index (κ1) is 14.8. The summed E-state index contributed by atoms with van der Waals surface area (Å²) in [7, 11) is 0. The van der Waals surface area contributed by atoms with Gasteiger partial charge in [-0.3, -0.25) is 9.80 Å². The Morgan fingerprint density at radius 3 is 2.32 bits per heavy atom. The first-order chi connectivity index (χ1) is 9.08. The molecule has 2 aliphatic rings. The first-order valence-corrected chi connectivity index (χ1v) is 7.99. The van der Waals surface area contributed by atoms with Gasteiger partial charge in [-0.25, -0.2) is 0 Å². The Balaban J connectivity index is 1.91. The molecule has 2 atom stereocenters. The standard InChI is InChI=1S/C16H29N3/c1-4-14-7-5-6-8-15(14)18-9-11-19(12-10-18)16(2,3)13-17/h14-15H,4-12H2,1-3H3. The number of hydrogen-bond donors (Lipinski definition) is 0. The molecule has 2 fully saturated rings. The Labute approximate surface area is 118 Å². The lowest BCUT2D eigenvalue weighted by Gasteiger charge is -2.46. The lowest BCUT2D eigenvalue weighted by atomic mass is 9.81. The van der Waals surface area contributed by atoms with E-state index in [2.05, 4.69) is 22.8 Å². The number of nitrogens with zero attached hydrogens (tertiary/aromatic N) is 3. The Hall–Kier alpha value is -0.590. The summed E-state index contributed by atoms with van der Waals surface area (Å²) < 4.78 is 0. The van der Waals surface area contributed by atoms with Gasteiger partial charge in [0.25, 0.3) is 0 Å². The highest BCUT2D eigenvalue weighted by Crippen LogP contribution is 2.31. The van der Waals surface area contributed by atoms with Crippen molar-refractivity contribution in [1.29, 1.82) is 5.26 Å². The Bertz CT molecular complexity index is 323. The maximum atomic E-state index is 9.24. The molecule has 1 aliphatic carbocycles. The summed E-state index contributed by atoms with van der Waals surface area (Å²) in [5.41, 5.74) is -0.303. The van der Waals surface area contributed by atoms with Crippen molar-refractivity contribution >= 4 is 0 Å². The van der Waals surface area contributed by atoms with Crippen LogP contribution in [-0.2, 0) is 0 Å². The van der Waals surface area contributed by atoms with Gasteiger partial charge in [0.05, 0.1) is 6.07 Å². The van der Waals surface area contributed by atoms with E-state index < -0.39 is 0 Å². The van der Waals surface area contributed by atoms with E-state index in [1.54, 1.807) is 0 Å². The molecule has 19 heavy (non-hydrogen) atoms. The third kappa shape index (κ3) is 3.30. The van der Waals surface area contributed by atoms with Crippen LogP contribution in [0.1, 0.15) is 52.9 Å².